The van der Waals surface area contributed by atoms with Crippen LogP contribution in [0, 0.1) is 11.8 Å². The van der Waals surface area contributed by atoms with E-state index in [9.17, 15) is 8.42 Å². The second-order valence-corrected chi connectivity index (χ2v) is 7.00. The van der Waals surface area contributed by atoms with Crippen LogP contribution in [0.3, 0.4) is 0 Å². The van der Waals surface area contributed by atoms with Gasteiger partial charge in [-0.05, 0) is 39.0 Å². The van der Waals surface area contributed by atoms with E-state index in [0.29, 0.717) is 16.3 Å². The van der Waals surface area contributed by atoms with Crippen LogP contribution in [0.15, 0.2) is 18.2 Å². The van der Waals surface area contributed by atoms with Crippen molar-refractivity contribution in [3.8, 4) is 11.8 Å². The summed E-state index contributed by atoms with van der Waals surface area (Å²) in [5.74, 6) is 5.48. The van der Waals surface area contributed by atoms with Crippen molar-refractivity contribution in [1.82, 2.24) is 4.72 Å². The molecular formula is C13H18ClN3O2S. The van der Waals surface area contributed by atoms with Gasteiger partial charge in [0.05, 0.1) is 12.2 Å². The van der Waals surface area contributed by atoms with Gasteiger partial charge in [0.2, 0.25) is 0 Å². The van der Waals surface area contributed by atoms with E-state index in [4.69, 9.17) is 17.3 Å². The highest BCUT2D eigenvalue weighted by Crippen LogP contribution is 2.21. The summed E-state index contributed by atoms with van der Waals surface area (Å²) in [5, 5.41) is 0.414. The predicted molar refractivity (Wildman–Crippen MR) is 82.8 cm³/mol. The van der Waals surface area contributed by atoms with Gasteiger partial charge in [0.25, 0.3) is 10.2 Å². The molecule has 0 fully saturated rings. The summed E-state index contributed by atoms with van der Waals surface area (Å²) in [6.45, 7) is 5.44. The SMILES string of the molecule is CC(C)(C)NS(=O)(=O)Nc1cc(Cl)ccc1C#CCN. The average Bonchev–Trinajstić information content (AvgIpc) is 2.24. The minimum absolute atomic E-state index is 0.190. The van der Waals surface area contributed by atoms with Gasteiger partial charge in [-0.15, -0.1) is 0 Å². The first kappa shape index (κ1) is 16.8. The Morgan fingerprint density at radius 2 is 2.00 bits per heavy atom. The molecule has 110 valence electrons. The first-order chi connectivity index (χ1) is 9.13. The molecule has 4 N–H and O–H groups in total. The molecule has 5 nitrogen and oxygen atoms in total. The molecule has 0 amide bonds. The van der Waals surface area contributed by atoms with Gasteiger partial charge in [0.15, 0.2) is 0 Å². The van der Waals surface area contributed by atoms with Gasteiger partial charge in [-0.25, -0.2) is 0 Å². The number of hydrogen-bond acceptors (Lipinski definition) is 3. The number of benzene rings is 1. The highest BCUT2D eigenvalue weighted by molar-refractivity contribution is 7.90. The largest absolute Gasteiger partial charge is 0.320 e. The van der Waals surface area contributed by atoms with Crippen molar-refractivity contribution >= 4 is 27.5 Å². The summed E-state index contributed by atoms with van der Waals surface area (Å²) in [4.78, 5) is 0. The summed E-state index contributed by atoms with van der Waals surface area (Å²) in [6, 6.07) is 4.78. The van der Waals surface area contributed by atoms with Gasteiger partial charge in [-0.3, -0.25) is 4.72 Å². The Bertz CT molecular complexity index is 640. The van der Waals surface area contributed by atoms with Crippen LogP contribution in [0.2, 0.25) is 5.02 Å². The topological polar surface area (TPSA) is 84.2 Å². The van der Waals surface area contributed by atoms with Crippen molar-refractivity contribution in [3.05, 3.63) is 28.8 Å². The first-order valence-electron chi connectivity index (χ1n) is 5.93. The van der Waals surface area contributed by atoms with E-state index in [0.717, 1.165) is 0 Å². The molecule has 1 aromatic carbocycles. The smallest absolute Gasteiger partial charge is 0.299 e. The molecule has 7 heteroatoms. The standard InChI is InChI=1S/C13H18ClN3O2S/c1-13(2,3)17-20(18,19)16-12-9-11(14)7-6-10(12)5-4-8-15/h6-7,9,16-17H,8,15H2,1-3H3. The Morgan fingerprint density at radius 1 is 1.35 bits per heavy atom. The lowest BCUT2D eigenvalue weighted by atomic mass is 10.1. The minimum Gasteiger partial charge on any atom is -0.320 e. The summed E-state index contributed by atoms with van der Waals surface area (Å²) < 4.78 is 28.9. The summed E-state index contributed by atoms with van der Waals surface area (Å²) in [5.41, 5.74) is 5.55. The number of halogens is 1. The van der Waals surface area contributed by atoms with Gasteiger partial charge >= 0.3 is 0 Å². The highest BCUT2D eigenvalue weighted by atomic mass is 35.5. The Labute approximate surface area is 125 Å². The third-order valence-corrected chi connectivity index (χ3v) is 3.60. The predicted octanol–water partition coefficient (Wildman–Crippen LogP) is 1.69. The van der Waals surface area contributed by atoms with Crippen LogP contribution in [0.4, 0.5) is 5.69 Å². The molecule has 0 aliphatic carbocycles. The molecule has 0 aromatic heterocycles. The van der Waals surface area contributed by atoms with Crippen molar-refractivity contribution in [1.29, 1.82) is 0 Å². The lowest BCUT2D eigenvalue weighted by molar-refractivity contribution is 0.494. The zero-order valence-electron chi connectivity index (χ0n) is 11.6. The molecule has 0 heterocycles. The van der Waals surface area contributed by atoms with Gasteiger partial charge in [-0.2, -0.15) is 13.1 Å². The Kier molecular flexibility index (Phi) is 5.42. The fourth-order valence-corrected chi connectivity index (χ4v) is 2.92. The average molecular weight is 316 g/mol. The third-order valence-electron chi connectivity index (χ3n) is 1.99. The molecule has 1 rings (SSSR count). The number of anilines is 1. The van der Waals surface area contributed by atoms with E-state index in [-0.39, 0.29) is 6.54 Å². The van der Waals surface area contributed by atoms with Crippen LogP contribution >= 0.6 is 11.6 Å². The Morgan fingerprint density at radius 3 is 2.55 bits per heavy atom. The van der Waals surface area contributed by atoms with Crippen molar-refractivity contribution in [2.24, 2.45) is 5.73 Å². The van der Waals surface area contributed by atoms with Crippen LogP contribution in [0.1, 0.15) is 26.3 Å². The van der Waals surface area contributed by atoms with Gasteiger partial charge < -0.3 is 5.73 Å². The van der Waals surface area contributed by atoms with E-state index < -0.39 is 15.7 Å². The first-order valence-corrected chi connectivity index (χ1v) is 7.79. The van der Waals surface area contributed by atoms with Crippen molar-refractivity contribution in [2.45, 2.75) is 26.3 Å². The van der Waals surface area contributed by atoms with Crippen molar-refractivity contribution in [2.75, 3.05) is 11.3 Å². The molecule has 0 atom stereocenters. The fraction of sp³-hybridized carbons (Fsp3) is 0.385. The molecule has 0 aliphatic heterocycles. The molecule has 0 aliphatic rings. The van der Waals surface area contributed by atoms with Gasteiger partial charge in [-0.1, -0.05) is 23.4 Å². The molecule has 0 unspecified atom stereocenters. The van der Waals surface area contributed by atoms with Crippen LogP contribution in [-0.2, 0) is 10.2 Å². The lowest BCUT2D eigenvalue weighted by Crippen LogP contribution is -2.43. The molecule has 0 saturated carbocycles. The fourth-order valence-electron chi connectivity index (χ4n) is 1.43. The maximum absolute atomic E-state index is 12.0. The quantitative estimate of drug-likeness (QED) is 0.742. The molecular weight excluding hydrogens is 298 g/mol. The molecule has 0 spiro atoms. The van der Waals surface area contributed by atoms with Crippen LogP contribution in [0.25, 0.3) is 0 Å². The molecule has 0 radical (unpaired) electrons. The monoisotopic (exact) mass is 315 g/mol. The summed E-state index contributed by atoms with van der Waals surface area (Å²) in [6.07, 6.45) is 0. The number of hydrogen-bond donors (Lipinski definition) is 3. The van der Waals surface area contributed by atoms with E-state index >= 15 is 0 Å². The zero-order chi connectivity index (χ0) is 15.4. The molecule has 0 saturated heterocycles. The minimum atomic E-state index is -3.71. The number of nitrogens with two attached hydrogens (primary N) is 1. The molecule has 20 heavy (non-hydrogen) atoms. The zero-order valence-corrected chi connectivity index (χ0v) is 13.2. The van der Waals surface area contributed by atoms with Gasteiger partial charge in [0, 0.05) is 16.1 Å². The number of nitrogens with one attached hydrogen (secondary N) is 2. The van der Waals surface area contributed by atoms with Crippen LogP contribution in [0.5, 0.6) is 0 Å². The van der Waals surface area contributed by atoms with Crippen LogP contribution < -0.4 is 15.2 Å². The normalized spacial score (nSPS) is 11.7. The van der Waals surface area contributed by atoms with E-state index in [1.807, 2.05) is 0 Å². The summed E-state index contributed by atoms with van der Waals surface area (Å²) in [7, 11) is -3.71. The van der Waals surface area contributed by atoms with Crippen molar-refractivity contribution in [3.63, 3.8) is 0 Å². The number of rotatable bonds is 3. The van der Waals surface area contributed by atoms with Gasteiger partial charge in [0.1, 0.15) is 0 Å². The maximum Gasteiger partial charge on any atom is 0.299 e. The maximum atomic E-state index is 12.0. The molecule has 1 aromatic rings. The Balaban J connectivity index is 3.11. The molecule has 0 bridgehead atoms. The van der Waals surface area contributed by atoms with E-state index in [1.165, 1.54) is 6.07 Å². The summed E-state index contributed by atoms with van der Waals surface area (Å²) >= 11 is 5.88. The third kappa shape index (κ3) is 5.80. The lowest BCUT2D eigenvalue weighted by Gasteiger charge is -2.21. The second-order valence-electron chi connectivity index (χ2n) is 5.15. The second kappa shape index (κ2) is 6.46. The van der Waals surface area contributed by atoms with E-state index in [1.54, 1.807) is 32.9 Å². The Hall–Kier alpha value is -1.26. The van der Waals surface area contributed by atoms with Crippen LogP contribution in [-0.4, -0.2) is 20.5 Å². The van der Waals surface area contributed by atoms with Crippen molar-refractivity contribution < 1.29 is 8.42 Å². The highest BCUT2D eigenvalue weighted by Gasteiger charge is 2.20. The van der Waals surface area contributed by atoms with E-state index in [2.05, 4.69) is 21.3 Å².